The minimum absolute atomic E-state index is 0.0181. The SMILES string of the molecule is C[C@H]1CN([C@@H](C)CO)C(=O)c2cc(C#CCN(C)C)cnc2O[C@H]1CN(C)C(=O)Cc1ccccc1. The van der Waals surface area contributed by atoms with Crippen LogP contribution in [-0.2, 0) is 11.2 Å². The molecule has 0 fully saturated rings. The van der Waals surface area contributed by atoms with Crippen molar-refractivity contribution >= 4 is 11.8 Å². The average molecular weight is 493 g/mol. The van der Waals surface area contributed by atoms with E-state index in [1.165, 1.54) is 0 Å². The largest absolute Gasteiger partial charge is 0.472 e. The Labute approximate surface area is 213 Å². The van der Waals surface area contributed by atoms with E-state index in [4.69, 9.17) is 4.74 Å². The summed E-state index contributed by atoms with van der Waals surface area (Å²) in [6, 6.07) is 10.9. The number of aromatic nitrogens is 1. The van der Waals surface area contributed by atoms with Crippen LogP contribution in [0, 0.1) is 17.8 Å². The number of ether oxygens (including phenoxy) is 1. The monoisotopic (exact) mass is 492 g/mol. The topological polar surface area (TPSA) is 86.2 Å². The summed E-state index contributed by atoms with van der Waals surface area (Å²) >= 11 is 0. The first-order chi connectivity index (χ1) is 17.2. The van der Waals surface area contributed by atoms with E-state index in [1.807, 2.05) is 63.2 Å². The Balaban J connectivity index is 1.87. The Morgan fingerprint density at radius 1 is 1.28 bits per heavy atom. The summed E-state index contributed by atoms with van der Waals surface area (Å²) in [6.45, 7) is 4.93. The van der Waals surface area contributed by atoms with Gasteiger partial charge in [-0.1, -0.05) is 49.1 Å². The molecular weight excluding hydrogens is 456 g/mol. The van der Waals surface area contributed by atoms with Gasteiger partial charge in [-0.25, -0.2) is 4.98 Å². The number of amides is 2. The molecule has 0 radical (unpaired) electrons. The predicted molar refractivity (Wildman–Crippen MR) is 139 cm³/mol. The molecule has 2 amide bonds. The van der Waals surface area contributed by atoms with Crippen LogP contribution in [0.5, 0.6) is 5.88 Å². The highest BCUT2D eigenvalue weighted by atomic mass is 16.5. The van der Waals surface area contributed by atoms with E-state index in [0.717, 1.165) is 5.56 Å². The maximum absolute atomic E-state index is 13.5. The second-order valence-corrected chi connectivity index (χ2v) is 9.68. The number of fused-ring (bicyclic) bond motifs is 1. The van der Waals surface area contributed by atoms with Gasteiger partial charge >= 0.3 is 0 Å². The number of aliphatic hydroxyl groups excluding tert-OH is 1. The zero-order valence-corrected chi connectivity index (χ0v) is 21.8. The molecule has 1 aliphatic heterocycles. The third-order valence-electron chi connectivity index (χ3n) is 6.23. The summed E-state index contributed by atoms with van der Waals surface area (Å²) < 4.78 is 6.28. The van der Waals surface area contributed by atoms with Crippen LogP contribution in [0.25, 0.3) is 0 Å². The van der Waals surface area contributed by atoms with Crippen LogP contribution in [0.3, 0.4) is 0 Å². The predicted octanol–water partition coefficient (Wildman–Crippen LogP) is 1.92. The number of hydrogen-bond donors (Lipinski definition) is 1. The van der Waals surface area contributed by atoms with Gasteiger partial charge in [-0.05, 0) is 32.6 Å². The quantitative estimate of drug-likeness (QED) is 0.595. The Bertz CT molecular complexity index is 1110. The molecular formula is C28H36N4O4. The fourth-order valence-corrected chi connectivity index (χ4v) is 3.97. The van der Waals surface area contributed by atoms with E-state index in [0.29, 0.717) is 37.2 Å². The van der Waals surface area contributed by atoms with E-state index in [9.17, 15) is 14.7 Å². The molecule has 2 heterocycles. The third kappa shape index (κ3) is 7.06. The van der Waals surface area contributed by atoms with Crippen molar-refractivity contribution in [1.82, 2.24) is 19.7 Å². The molecule has 8 heteroatoms. The summed E-state index contributed by atoms with van der Waals surface area (Å²) in [6.07, 6.45) is 1.50. The maximum Gasteiger partial charge on any atom is 0.259 e. The number of aliphatic hydroxyl groups is 1. The molecule has 2 aromatic rings. The second kappa shape index (κ2) is 12.5. The summed E-state index contributed by atoms with van der Waals surface area (Å²) in [5.74, 6) is 5.94. The lowest BCUT2D eigenvalue weighted by Crippen LogP contribution is -2.50. The standard InChI is InChI=1S/C28H36N4O4/c1-20-17-32(21(2)19-33)28(35)24-14-23(12-9-13-30(3)4)16-29-27(24)36-25(20)18-31(5)26(34)15-22-10-7-6-8-11-22/h6-8,10-11,14,16,20-21,25,33H,13,15,17-19H2,1-5H3/t20-,21-,25-/m0/s1. The number of nitrogens with zero attached hydrogens (tertiary/aromatic N) is 4. The van der Waals surface area contributed by atoms with Crippen molar-refractivity contribution in [1.29, 1.82) is 0 Å². The molecule has 1 aliphatic rings. The van der Waals surface area contributed by atoms with Crippen molar-refractivity contribution < 1.29 is 19.4 Å². The van der Waals surface area contributed by atoms with Gasteiger partial charge in [0, 0.05) is 31.3 Å². The number of rotatable bonds is 7. The van der Waals surface area contributed by atoms with E-state index >= 15 is 0 Å². The molecule has 1 aromatic carbocycles. The number of benzene rings is 1. The lowest BCUT2D eigenvalue weighted by Gasteiger charge is -2.37. The molecule has 0 spiro atoms. The maximum atomic E-state index is 13.5. The zero-order chi connectivity index (χ0) is 26.2. The van der Waals surface area contributed by atoms with E-state index in [1.54, 1.807) is 29.1 Å². The molecule has 0 saturated carbocycles. The summed E-state index contributed by atoms with van der Waals surface area (Å²) in [5.41, 5.74) is 1.87. The molecule has 0 bridgehead atoms. The molecule has 3 rings (SSSR count). The molecule has 1 aromatic heterocycles. The van der Waals surface area contributed by atoms with Crippen LogP contribution >= 0.6 is 0 Å². The molecule has 0 saturated heterocycles. The first-order valence-electron chi connectivity index (χ1n) is 12.2. The molecule has 0 unspecified atom stereocenters. The van der Waals surface area contributed by atoms with E-state index in [-0.39, 0.29) is 36.3 Å². The fourth-order valence-electron chi connectivity index (χ4n) is 3.97. The van der Waals surface area contributed by atoms with Gasteiger partial charge < -0.3 is 19.6 Å². The molecule has 0 aliphatic carbocycles. The lowest BCUT2D eigenvalue weighted by molar-refractivity contribution is -0.130. The van der Waals surface area contributed by atoms with Crippen LogP contribution in [-0.4, -0.2) is 96.1 Å². The number of pyridine rings is 1. The van der Waals surface area contributed by atoms with Gasteiger partial charge in [0.15, 0.2) is 0 Å². The molecule has 192 valence electrons. The van der Waals surface area contributed by atoms with E-state index < -0.39 is 6.10 Å². The van der Waals surface area contributed by atoms with Crippen LogP contribution in [0.1, 0.15) is 35.3 Å². The van der Waals surface area contributed by atoms with Crippen molar-refractivity contribution in [2.75, 3.05) is 47.4 Å². The van der Waals surface area contributed by atoms with Gasteiger partial charge in [0.2, 0.25) is 11.8 Å². The summed E-state index contributed by atoms with van der Waals surface area (Å²) in [7, 11) is 5.63. The van der Waals surface area contributed by atoms with Crippen molar-refractivity contribution in [2.24, 2.45) is 5.92 Å². The highest BCUT2D eigenvalue weighted by molar-refractivity contribution is 5.97. The Morgan fingerprint density at radius 2 is 2.00 bits per heavy atom. The third-order valence-corrected chi connectivity index (χ3v) is 6.23. The Kier molecular flexibility index (Phi) is 9.45. The smallest absolute Gasteiger partial charge is 0.259 e. The summed E-state index contributed by atoms with van der Waals surface area (Å²) in [4.78, 5) is 36.1. The number of carbonyl (C=O) groups is 2. The highest BCUT2D eigenvalue weighted by Crippen LogP contribution is 2.27. The first kappa shape index (κ1) is 27.2. The fraction of sp³-hybridized carbons (Fsp3) is 0.464. The van der Waals surface area contributed by atoms with Crippen molar-refractivity contribution in [3.8, 4) is 17.7 Å². The molecule has 8 nitrogen and oxygen atoms in total. The van der Waals surface area contributed by atoms with Crippen molar-refractivity contribution in [3.63, 3.8) is 0 Å². The van der Waals surface area contributed by atoms with E-state index in [2.05, 4.69) is 16.8 Å². The van der Waals surface area contributed by atoms with Gasteiger partial charge in [0.05, 0.1) is 32.2 Å². The van der Waals surface area contributed by atoms with Gasteiger partial charge in [0.25, 0.3) is 5.91 Å². The zero-order valence-electron chi connectivity index (χ0n) is 21.8. The molecule has 3 atom stereocenters. The van der Waals surface area contributed by atoms with Gasteiger partial charge in [-0.3, -0.25) is 14.5 Å². The number of hydrogen-bond acceptors (Lipinski definition) is 6. The Morgan fingerprint density at radius 3 is 2.67 bits per heavy atom. The number of likely N-dealkylation sites (N-methyl/N-ethyl adjacent to an activating group) is 1. The van der Waals surface area contributed by atoms with Crippen molar-refractivity contribution in [3.05, 3.63) is 59.3 Å². The highest BCUT2D eigenvalue weighted by Gasteiger charge is 2.34. The van der Waals surface area contributed by atoms with Crippen LogP contribution in [0.15, 0.2) is 42.6 Å². The van der Waals surface area contributed by atoms with Crippen LogP contribution in [0.2, 0.25) is 0 Å². The van der Waals surface area contributed by atoms with Crippen molar-refractivity contribution in [2.45, 2.75) is 32.4 Å². The van der Waals surface area contributed by atoms with Gasteiger partial charge in [-0.2, -0.15) is 0 Å². The van der Waals surface area contributed by atoms with Gasteiger partial charge in [-0.15, -0.1) is 0 Å². The number of carbonyl (C=O) groups excluding carboxylic acids is 2. The normalized spacial score (nSPS) is 18.3. The van der Waals surface area contributed by atoms with Gasteiger partial charge in [0.1, 0.15) is 11.7 Å². The summed E-state index contributed by atoms with van der Waals surface area (Å²) in [5, 5.41) is 9.83. The second-order valence-electron chi connectivity index (χ2n) is 9.68. The van der Waals surface area contributed by atoms with Crippen LogP contribution in [0.4, 0.5) is 0 Å². The minimum Gasteiger partial charge on any atom is -0.472 e. The first-order valence-corrected chi connectivity index (χ1v) is 12.2. The minimum atomic E-state index is -0.395. The Hall–Kier alpha value is -3.41. The van der Waals surface area contributed by atoms with Crippen LogP contribution < -0.4 is 4.74 Å². The lowest BCUT2D eigenvalue weighted by atomic mass is 9.99. The average Bonchev–Trinajstić information content (AvgIpc) is 2.86. The molecule has 1 N–H and O–H groups in total. The molecule has 36 heavy (non-hydrogen) atoms.